The summed E-state index contributed by atoms with van der Waals surface area (Å²) in [5.74, 6) is -0.828. The molecular formula is C29H34F2N2O3. The van der Waals surface area contributed by atoms with Gasteiger partial charge in [0.15, 0.2) is 0 Å². The lowest BCUT2D eigenvalue weighted by Crippen LogP contribution is -2.44. The third-order valence-electron chi connectivity index (χ3n) is 7.36. The van der Waals surface area contributed by atoms with Gasteiger partial charge in [0.25, 0.3) is 0 Å². The minimum absolute atomic E-state index is 0.0853. The number of nitrogens with zero attached hydrogens (tertiary/aromatic N) is 2. The number of fused-ring (bicyclic) bond motifs is 1. The van der Waals surface area contributed by atoms with Crippen LogP contribution in [0.25, 0.3) is 10.9 Å². The van der Waals surface area contributed by atoms with E-state index < -0.39 is 24.2 Å². The van der Waals surface area contributed by atoms with Crippen molar-refractivity contribution in [3.8, 4) is 5.75 Å². The number of ether oxygens (including phenoxy) is 1. The Bertz CT molecular complexity index is 1140. The summed E-state index contributed by atoms with van der Waals surface area (Å²) in [5.41, 5.74) is 1.94. The first-order chi connectivity index (χ1) is 17.5. The van der Waals surface area contributed by atoms with Crippen molar-refractivity contribution in [3.05, 3.63) is 71.9 Å². The van der Waals surface area contributed by atoms with E-state index in [0.717, 1.165) is 11.9 Å². The molecule has 36 heavy (non-hydrogen) atoms. The number of halogens is 2. The molecule has 3 aromatic rings. The van der Waals surface area contributed by atoms with Crippen LogP contribution in [0.4, 0.5) is 8.78 Å². The van der Waals surface area contributed by atoms with Crippen molar-refractivity contribution in [2.75, 3.05) is 26.7 Å². The second-order valence-corrected chi connectivity index (χ2v) is 9.64. The number of methoxy groups -OCH3 is 1. The fraction of sp³-hybridized carbons (Fsp3) is 0.448. The predicted molar refractivity (Wildman–Crippen MR) is 137 cm³/mol. The molecule has 192 valence electrons. The zero-order chi connectivity index (χ0) is 25.5. The van der Waals surface area contributed by atoms with Crippen molar-refractivity contribution >= 4 is 16.9 Å². The number of likely N-dealkylation sites (tertiary alicyclic amines) is 1. The number of carboxylic acids is 1. The highest BCUT2D eigenvalue weighted by Gasteiger charge is 2.34. The number of piperidine rings is 1. The Morgan fingerprint density at radius 3 is 2.69 bits per heavy atom. The largest absolute Gasteiger partial charge is 0.497 e. The van der Waals surface area contributed by atoms with Crippen molar-refractivity contribution in [2.24, 2.45) is 11.8 Å². The first-order valence-electron chi connectivity index (χ1n) is 12.7. The SMILES string of the molecule is COc1ccc2nccc([C@H](F)CC[C@@H]3CCN(CCC[C@H](F)c4ccccc4)C[C@@H]3C(=O)O)c2c1. The van der Waals surface area contributed by atoms with Gasteiger partial charge in [-0.2, -0.15) is 0 Å². The molecule has 0 saturated carbocycles. The van der Waals surface area contributed by atoms with Gasteiger partial charge in [-0.25, -0.2) is 8.78 Å². The van der Waals surface area contributed by atoms with E-state index >= 15 is 4.39 Å². The third-order valence-corrected chi connectivity index (χ3v) is 7.36. The van der Waals surface area contributed by atoms with E-state index in [1.165, 1.54) is 0 Å². The molecule has 0 radical (unpaired) electrons. The average Bonchev–Trinajstić information content (AvgIpc) is 2.91. The van der Waals surface area contributed by atoms with E-state index in [9.17, 15) is 14.3 Å². The Morgan fingerprint density at radius 2 is 1.94 bits per heavy atom. The van der Waals surface area contributed by atoms with Crippen LogP contribution in [0.3, 0.4) is 0 Å². The van der Waals surface area contributed by atoms with Crippen LogP contribution in [0.15, 0.2) is 60.8 Å². The first kappa shape index (κ1) is 26.0. The molecule has 0 bridgehead atoms. The van der Waals surface area contributed by atoms with Gasteiger partial charge in [-0.1, -0.05) is 30.3 Å². The highest BCUT2D eigenvalue weighted by atomic mass is 19.1. The fourth-order valence-electron chi connectivity index (χ4n) is 5.28. The van der Waals surface area contributed by atoms with Crippen LogP contribution in [-0.4, -0.2) is 47.7 Å². The van der Waals surface area contributed by atoms with Gasteiger partial charge >= 0.3 is 5.97 Å². The van der Waals surface area contributed by atoms with E-state index in [2.05, 4.69) is 9.88 Å². The number of carboxylic acid groups (broad SMARTS) is 1. The van der Waals surface area contributed by atoms with Crippen LogP contribution in [0.2, 0.25) is 0 Å². The number of aromatic nitrogens is 1. The number of hydrogen-bond acceptors (Lipinski definition) is 4. The summed E-state index contributed by atoms with van der Waals surface area (Å²) in [5, 5.41) is 10.6. The highest BCUT2D eigenvalue weighted by Crippen LogP contribution is 2.35. The quantitative estimate of drug-likeness (QED) is 0.326. The molecule has 4 atom stereocenters. The van der Waals surface area contributed by atoms with Crippen LogP contribution in [0.1, 0.15) is 55.6 Å². The number of pyridine rings is 1. The molecule has 0 spiro atoms. The van der Waals surface area contributed by atoms with Crippen LogP contribution >= 0.6 is 0 Å². The van der Waals surface area contributed by atoms with Crippen molar-refractivity contribution < 1.29 is 23.4 Å². The van der Waals surface area contributed by atoms with Crippen LogP contribution in [0.5, 0.6) is 5.75 Å². The minimum Gasteiger partial charge on any atom is -0.497 e. The summed E-state index contributed by atoms with van der Waals surface area (Å²) in [6.07, 6.45) is 1.92. The van der Waals surface area contributed by atoms with Crippen molar-refractivity contribution in [1.29, 1.82) is 0 Å². The summed E-state index contributed by atoms with van der Waals surface area (Å²) in [6.45, 7) is 1.85. The molecule has 0 aliphatic carbocycles. The molecular weight excluding hydrogens is 462 g/mol. The molecule has 1 aromatic heterocycles. The van der Waals surface area contributed by atoms with E-state index in [1.807, 2.05) is 24.3 Å². The summed E-state index contributed by atoms with van der Waals surface area (Å²) in [6, 6.07) is 16.2. The van der Waals surface area contributed by atoms with Crippen LogP contribution < -0.4 is 4.74 Å². The van der Waals surface area contributed by atoms with E-state index in [0.29, 0.717) is 61.2 Å². The maximum atomic E-state index is 15.4. The predicted octanol–water partition coefficient (Wildman–Crippen LogP) is 6.55. The van der Waals surface area contributed by atoms with Gasteiger partial charge in [-0.05, 0) is 86.5 Å². The van der Waals surface area contributed by atoms with Crippen molar-refractivity contribution in [3.63, 3.8) is 0 Å². The Morgan fingerprint density at radius 1 is 1.14 bits per heavy atom. The van der Waals surface area contributed by atoms with Gasteiger partial charge in [-0.3, -0.25) is 9.78 Å². The van der Waals surface area contributed by atoms with E-state index in [4.69, 9.17) is 4.74 Å². The van der Waals surface area contributed by atoms with Gasteiger partial charge in [0.05, 0.1) is 18.5 Å². The van der Waals surface area contributed by atoms with Crippen LogP contribution in [0, 0.1) is 11.8 Å². The second kappa shape index (κ2) is 12.3. The standard InChI is InChI=1S/C29H34F2N2O3/c1-36-22-10-12-28-24(18-22)23(13-15-32-28)27(31)11-9-20-14-17-33(19-25(20)29(34)35)16-5-8-26(30)21-6-3-2-4-7-21/h2-4,6-7,10,12-13,15,18,20,25-27H,5,8-9,11,14,16-17,19H2,1H3,(H,34,35)/t20-,25+,26+,27-/m1/s1. The smallest absolute Gasteiger partial charge is 0.308 e. The topological polar surface area (TPSA) is 62.7 Å². The number of alkyl halides is 2. The van der Waals surface area contributed by atoms with Crippen molar-refractivity contribution in [1.82, 2.24) is 9.88 Å². The van der Waals surface area contributed by atoms with Gasteiger partial charge in [0, 0.05) is 18.1 Å². The zero-order valence-corrected chi connectivity index (χ0v) is 20.7. The van der Waals surface area contributed by atoms with Gasteiger partial charge in [0.1, 0.15) is 18.1 Å². The maximum Gasteiger partial charge on any atom is 0.308 e. The molecule has 5 nitrogen and oxygen atoms in total. The summed E-state index contributed by atoms with van der Waals surface area (Å²) in [4.78, 5) is 18.5. The second-order valence-electron chi connectivity index (χ2n) is 9.64. The van der Waals surface area contributed by atoms with Gasteiger partial charge < -0.3 is 14.7 Å². The molecule has 1 saturated heterocycles. The van der Waals surface area contributed by atoms with E-state index in [1.54, 1.807) is 43.6 Å². The minimum atomic E-state index is -1.21. The molecule has 2 heterocycles. The van der Waals surface area contributed by atoms with Crippen LogP contribution in [-0.2, 0) is 4.79 Å². The molecule has 1 aliphatic rings. The number of benzene rings is 2. The molecule has 1 aliphatic heterocycles. The monoisotopic (exact) mass is 496 g/mol. The number of hydrogen-bond donors (Lipinski definition) is 1. The number of aliphatic carboxylic acids is 1. The Hall–Kier alpha value is -3.06. The summed E-state index contributed by atoms with van der Waals surface area (Å²) in [7, 11) is 1.57. The molecule has 7 heteroatoms. The Balaban J connectivity index is 1.31. The fourth-order valence-corrected chi connectivity index (χ4v) is 5.28. The van der Waals surface area contributed by atoms with Gasteiger partial charge in [0.2, 0.25) is 0 Å². The maximum absolute atomic E-state index is 15.4. The number of rotatable bonds is 11. The zero-order valence-electron chi connectivity index (χ0n) is 20.7. The lowest BCUT2D eigenvalue weighted by atomic mass is 9.81. The molecule has 2 aromatic carbocycles. The molecule has 0 unspecified atom stereocenters. The average molecular weight is 497 g/mol. The molecule has 4 rings (SSSR count). The normalized spacial score (nSPS) is 20.2. The van der Waals surface area contributed by atoms with E-state index in [-0.39, 0.29) is 12.3 Å². The number of carbonyl (C=O) groups is 1. The first-order valence-corrected chi connectivity index (χ1v) is 12.7. The Kier molecular flexibility index (Phi) is 8.86. The third kappa shape index (κ3) is 6.38. The lowest BCUT2D eigenvalue weighted by Gasteiger charge is -2.37. The summed E-state index contributed by atoms with van der Waals surface area (Å²) >= 11 is 0. The molecule has 0 amide bonds. The summed E-state index contributed by atoms with van der Waals surface area (Å²) < 4.78 is 35.1. The van der Waals surface area contributed by atoms with Crippen molar-refractivity contribution in [2.45, 2.75) is 44.4 Å². The lowest BCUT2D eigenvalue weighted by molar-refractivity contribution is -0.146. The highest BCUT2D eigenvalue weighted by molar-refractivity contribution is 5.83. The van der Waals surface area contributed by atoms with Gasteiger partial charge in [-0.15, -0.1) is 0 Å². The Labute approximate surface area is 211 Å². The molecule has 1 fully saturated rings. The molecule has 1 N–H and O–H groups in total.